The zero-order valence-corrected chi connectivity index (χ0v) is 28.4. The monoisotopic (exact) mass is 663 g/mol. The van der Waals surface area contributed by atoms with E-state index in [1.807, 2.05) is 30.3 Å². The second kappa shape index (κ2) is 13.3. The predicted octanol–water partition coefficient (Wildman–Crippen LogP) is 13.1. The van der Waals surface area contributed by atoms with Gasteiger partial charge in [0, 0.05) is 33.4 Å². The van der Waals surface area contributed by atoms with Crippen molar-refractivity contribution >= 4 is 33.2 Å². The Hall–Kier alpha value is -7.15. The van der Waals surface area contributed by atoms with E-state index in [2.05, 4.69) is 180 Å². The van der Waals surface area contributed by atoms with E-state index in [9.17, 15) is 5.26 Å². The molecule has 0 radical (unpaired) electrons. The number of anilines is 2. The molecule has 0 saturated carbocycles. The fourth-order valence-electron chi connectivity index (χ4n) is 7.21. The molecular weight excluding hydrogens is 631 g/mol. The molecular formula is C49H33N3. The highest BCUT2D eigenvalue weighted by atomic mass is 15.0. The maximum Gasteiger partial charge on any atom is 0.0991 e. The first-order valence-electron chi connectivity index (χ1n) is 17.5. The number of para-hydroxylation sites is 3. The summed E-state index contributed by atoms with van der Waals surface area (Å²) < 4.78 is 2.36. The van der Waals surface area contributed by atoms with Gasteiger partial charge in [0.15, 0.2) is 0 Å². The second-order valence-corrected chi connectivity index (χ2v) is 13.0. The third-order valence-electron chi connectivity index (χ3n) is 9.83. The molecule has 52 heavy (non-hydrogen) atoms. The summed E-state index contributed by atoms with van der Waals surface area (Å²) in [6.07, 6.45) is 0. The lowest BCUT2D eigenvalue weighted by Gasteiger charge is -2.16. The molecule has 244 valence electrons. The smallest absolute Gasteiger partial charge is 0.0991 e. The standard InChI is InChI=1S/C49H33N3/c50-33-34-18-20-35(21-19-34)38-10-9-11-39(30-38)36-22-24-37(25-23-36)45-31-40(26-28-47(45)51-42-12-3-1-4-13-42)41-27-29-49-46(32-41)44-16-7-8-17-48(44)52(49)43-14-5-2-6-15-43/h1-32,51H. The van der Waals surface area contributed by atoms with Gasteiger partial charge in [0.1, 0.15) is 0 Å². The van der Waals surface area contributed by atoms with Crippen LogP contribution in [0.2, 0.25) is 0 Å². The molecule has 9 rings (SSSR count). The molecule has 1 N–H and O–H groups in total. The van der Waals surface area contributed by atoms with Crippen molar-refractivity contribution in [1.82, 2.24) is 4.57 Å². The highest BCUT2D eigenvalue weighted by Crippen LogP contribution is 2.39. The van der Waals surface area contributed by atoms with Crippen LogP contribution in [-0.2, 0) is 0 Å². The fourth-order valence-corrected chi connectivity index (χ4v) is 7.21. The van der Waals surface area contributed by atoms with Gasteiger partial charge in [-0.3, -0.25) is 0 Å². The quantitative estimate of drug-likeness (QED) is 0.184. The number of hydrogen-bond acceptors (Lipinski definition) is 2. The van der Waals surface area contributed by atoms with Crippen LogP contribution in [0.3, 0.4) is 0 Å². The number of nitrogens with zero attached hydrogens (tertiary/aromatic N) is 2. The van der Waals surface area contributed by atoms with Gasteiger partial charge in [-0.2, -0.15) is 5.26 Å². The van der Waals surface area contributed by atoms with Crippen LogP contribution in [0.5, 0.6) is 0 Å². The Balaban J connectivity index is 1.11. The van der Waals surface area contributed by atoms with Crippen LogP contribution in [0.25, 0.3) is 72.0 Å². The molecule has 9 aromatic rings. The molecule has 0 aliphatic rings. The molecule has 0 atom stereocenters. The van der Waals surface area contributed by atoms with E-state index in [-0.39, 0.29) is 0 Å². The zero-order chi connectivity index (χ0) is 34.9. The predicted molar refractivity (Wildman–Crippen MR) is 217 cm³/mol. The highest BCUT2D eigenvalue weighted by molar-refractivity contribution is 6.10. The van der Waals surface area contributed by atoms with Crippen LogP contribution >= 0.6 is 0 Å². The van der Waals surface area contributed by atoms with E-state index >= 15 is 0 Å². The summed E-state index contributed by atoms with van der Waals surface area (Å²) in [4.78, 5) is 0. The van der Waals surface area contributed by atoms with Crippen molar-refractivity contribution in [3.05, 3.63) is 200 Å². The largest absolute Gasteiger partial charge is 0.355 e. The van der Waals surface area contributed by atoms with Crippen LogP contribution in [0.15, 0.2) is 194 Å². The maximum absolute atomic E-state index is 9.22. The SMILES string of the molecule is N#Cc1ccc(-c2cccc(-c3ccc(-c4cc(-c5ccc6c(c5)c5ccccc5n6-c5ccccc5)ccc4Nc4ccccc4)cc3)c2)cc1. The van der Waals surface area contributed by atoms with E-state index in [1.165, 1.54) is 27.4 Å². The molecule has 0 aliphatic carbocycles. The lowest BCUT2D eigenvalue weighted by atomic mass is 9.94. The minimum Gasteiger partial charge on any atom is -0.355 e. The number of hydrogen-bond donors (Lipinski definition) is 1. The van der Waals surface area contributed by atoms with E-state index in [4.69, 9.17) is 0 Å². The van der Waals surface area contributed by atoms with Crippen molar-refractivity contribution in [2.75, 3.05) is 5.32 Å². The first-order valence-corrected chi connectivity index (χ1v) is 17.5. The van der Waals surface area contributed by atoms with Crippen LogP contribution in [-0.4, -0.2) is 4.57 Å². The Morgan fingerprint density at radius 3 is 1.69 bits per heavy atom. The number of aromatic nitrogens is 1. The third-order valence-corrected chi connectivity index (χ3v) is 9.83. The van der Waals surface area contributed by atoms with E-state index in [1.54, 1.807) is 0 Å². The van der Waals surface area contributed by atoms with E-state index < -0.39 is 0 Å². The lowest BCUT2D eigenvalue weighted by molar-refractivity contribution is 1.18. The molecule has 0 amide bonds. The van der Waals surface area contributed by atoms with Gasteiger partial charge in [0.05, 0.1) is 22.7 Å². The van der Waals surface area contributed by atoms with Crippen molar-refractivity contribution in [3.63, 3.8) is 0 Å². The molecule has 0 bridgehead atoms. The number of rotatable bonds is 7. The molecule has 3 heteroatoms. The maximum atomic E-state index is 9.22. The van der Waals surface area contributed by atoms with Gasteiger partial charge in [-0.1, -0.05) is 121 Å². The normalized spacial score (nSPS) is 11.1. The molecule has 0 saturated heterocycles. The van der Waals surface area contributed by atoms with E-state index in [0.717, 1.165) is 56.0 Å². The fraction of sp³-hybridized carbons (Fsp3) is 0. The molecule has 3 nitrogen and oxygen atoms in total. The minimum absolute atomic E-state index is 0.664. The molecule has 0 aliphatic heterocycles. The van der Waals surface area contributed by atoms with Gasteiger partial charge in [-0.15, -0.1) is 0 Å². The first-order chi connectivity index (χ1) is 25.7. The Morgan fingerprint density at radius 2 is 0.962 bits per heavy atom. The Labute approximate surface area is 303 Å². The molecule has 0 unspecified atom stereocenters. The highest BCUT2D eigenvalue weighted by Gasteiger charge is 2.15. The Kier molecular flexibility index (Phi) is 7.89. The average molecular weight is 664 g/mol. The number of benzene rings is 8. The summed E-state index contributed by atoms with van der Waals surface area (Å²) >= 11 is 0. The summed E-state index contributed by atoms with van der Waals surface area (Å²) in [5, 5.41) is 15.4. The molecule has 0 fully saturated rings. The van der Waals surface area contributed by atoms with Crippen molar-refractivity contribution in [2.45, 2.75) is 0 Å². The van der Waals surface area contributed by atoms with Crippen LogP contribution in [0.4, 0.5) is 11.4 Å². The van der Waals surface area contributed by atoms with E-state index in [0.29, 0.717) is 5.56 Å². The number of nitriles is 1. The number of nitrogens with one attached hydrogen (secondary N) is 1. The van der Waals surface area contributed by atoms with Crippen LogP contribution in [0.1, 0.15) is 5.56 Å². The summed E-state index contributed by atoms with van der Waals surface area (Å²) in [5.41, 5.74) is 15.4. The van der Waals surface area contributed by atoms with Crippen LogP contribution in [0, 0.1) is 11.3 Å². The summed E-state index contributed by atoms with van der Waals surface area (Å²) in [7, 11) is 0. The van der Waals surface area contributed by atoms with Gasteiger partial charge in [-0.25, -0.2) is 0 Å². The second-order valence-electron chi connectivity index (χ2n) is 13.0. The Bertz CT molecular complexity index is 2740. The van der Waals surface area contributed by atoms with Crippen molar-refractivity contribution in [3.8, 4) is 56.3 Å². The first kappa shape index (κ1) is 30.9. The van der Waals surface area contributed by atoms with Crippen molar-refractivity contribution in [2.24, 2.45) is 0 Å². The Morgan fingerprint density at radius 1 is 0.404 bits per heavy atom. The summed E-state index contributed by atoms with van der Waals surface area (Å²) in [6, 6.07) is 70.5. The zero-order valence-electron chi connectivity index (χ0n) is 28.4. The van der Waals surface area contributed by atoms with Gasteiger partial charge < -0.3 is 9.88 Å². The summed E-state index contributed by atoms with van der Waals surface area (Å²) in [6.45, 7) is 0. The van der Waals surface area contributed by atoms with Crippen LogP contribution < -0.4 is 5.32 Å². The van der Waals surface area contributed by atoms with Gasteiger partial charge in [0.2, 0.25) is 0 Å². The third kappa shape index (κ3) is 5.79. The minimum atomic E-state index is 0.664. The molecule has 1 aromatic heterocycles. The summed E-state index contributed by atoms with van der Waals surface area (Å²) in [5.74, 6) is 0. The van der Waals surface area contributed by atoms with Crippen molar-refractivity contribution in [1.29, 1.82) is 5.26 Å². The average Bonchev–Trinajstić information content (AvgIpc) is 3.55. The van der Waals surface area contributed by atoms with Gasteiger partial charge >= 0.3 is 0 Å². The lowest BCUT2D eigenvalue weighted by Crippen LogP contribution is -1.94. The number of fused-ring (bicyclic) bond motifs is 3. The van der Waals surface area contributed by atoms with Gasteiger partial charge in [0.25, 0.3) is 0 Å². The molecule has 0 spiro atoms. The van der Waals surface area contributed by atoms with Gasteiger partial charge in [-0.05, 0) is 112 Å². The topological polar surface area (TPSA) is 40.8 Å². The molecule has 1 heterocycles. The van der Waals surface area contributed by atoms with Crippen molar-refractivity contribution < 1.29 is 0 Å². The molecule has 8 aromatic carbocycles.